The minimum atomic E-state index is -1.04. The van der Waals surface area contributed by atoms with Crippen molar-refractivity contribution in [3.05, 3.63) is 29.3 Å². The van der Waals surface area contributed by atoms with Crippen molar-refractivity contribution in [3.8, 4) is 0 Å². The highest BCUT2D eigenvalue weighted by molar-refractivity contribution is 6.01. The molecule has 4 aliphatic rings. The van der Waals surface area contributed by atoms with Gasteiger partial charge in [0, 0.05) is 69.8 Å². The molecule has 12 heteroatoms. The number of urea groups is 1. The van der Waals surface area contributed by atoms with Gasteiger partial charge in [-0.3, -0.25) is 14.9 Å². The number of imide groups is 1. The number of carbonyl (C=O) groups excluding carboxylic acids is 4. The highest BCUT2D eigenvalue weighted by Crippen LogP contribution is 2.33. The minimum Gasteiger partial charge on any atom is -0.446 e. The molecule has 1 aliphatic carbocycles. The van der Waals surface area contributed by atoms with E-state index in [0.29, 0.717) is 50.7 Å². The molecule has 5 rings (SSSR count). The molecule has 4 fully saturated rings. The second-order valence-corrected chi connectivity index (χ2v) is 10.3. The number of nitrogens with zero attached hydrogens (tertiary/aromatic N) is 3. The predicted molar refractivity (Wildman–Crippen MR) is 128 cm³/mol. The maximum atomic E-state index is 14.8. The molecular formula is C25H31F2N5O5. The summed E-state index contributed by atoms with van der Waals surface area (Å²) in [6.07, 6.45) is 2.53. The van der Waals surface area contributed by atoms with E-state index in [1.165, 1.54) is 12.1 Å². The van der Waals surface area contributed by atoms with E-state index in [1.807, 2.05) is 7.05 Å². The van der Waals surface area contributed by atoms with Crippen LogP contribution in [0.1, 0.15) is 50.0 Å². The predicted octanol–water partition coefficient (Wildman–Crippen LogP) is 2.08. The van der Waals surface area contributed by atoms with Crippen LogP contribution in [0.25, 0.3) is 0 Å². The number of amides is 5. The number of anilines is 1. The Morgan fingerprint density at radius 1 is 1.05 bits per heavy atom. The number of nitrogens with one attached hydrogen (secondary N) is 2. The quantitative estimate of drug-likeness (QED) is 0.577. The van der Waals surface area contributed by atoms with Crippen molar-refractivity contribution >= 4 is 29.6 Å². The zero-order chi connectivity index (χ0) is 26.3. The number of piperidine rings is 2. The Morgan fingerprint density at radius 3 is 2.30 bits per heavy atom. The van der Waals surface area contributed by atoms with Gasteiger partial charge in [-0.1, -0.05) is 0 Å². The van der Waals surface area contributed by atoms with Crippen molar-refractivity contribution in [1.29, 1.82) is 0 Å². The Balaban J connectivity index is 1.07. The molecule has 0 spiro atoms. The van der Waals surface area contributed by atoms with Gasteiger partial charge in [-0.25, -0.2) is 18.4 Å². The molecule has 3 saturated heterocycles. The van der Waals surface area contributed by atoms with Crippen molar-refractivity contribution < 1.29 is 32.7 Å². The van der Waals surface area contributed by atoms with E-state index >= 15 is 0 Å². The van der Waals surface area contributed by atoms with E-state index in [2.05, 4.69) is 10.6 Å². The third kappa shape index (κ3) is 5.47. The van der Waals surface area contributed by atoms with Gasteiger partial charge < -0.3 is 24.8 Å². The van der Waals surface area contributed by atoms with Crippen LogP contribution < -0.4 is 15.5 Å². The van der Waals surface area contributed by atoms with Gasteiger partial charge in [0.15, 0.2) is 0 Å². The Bertz CT molecular complexity index is 1080. The van der Waals surface area contributed by atoms with Crippen LogP contribution in [0.5, 0.6) is 0 Å². The lowest BCUT2D eigenvalue weighted by Crippen LogP contribution is -2.60. The largest absolute Gasteiger partial charge is 0.446 e. The van der Waals surface area contributed by atoms with Gasteiger partial charge in [0.1, 0.15) is 17.7 Å². The molecule has 1 atom stereocenters. The first-order valence-electron chi connectivity index (χ1n) is 12.8. The Morgan fingerprint density at radius 2 is 1.70 bits per heavy atom. The highest BCUT2D eigenvalue weighted by atomic mass is 19.1. The Hall–Kier alpha value is -3.44. The first-order valence-corrected chi connectivity index (χ1v) is 12.8. The molecule has 2 N–H and O–H groups in total. The van der Waals surface area contributed by atoms with E-state index in [1.54, 1.807) is 14.7 Å². The van der Waals surface area contributed by atoms with Crippen LogP contribution in [-0.2, 0) is 14.3 Å². The molecule has 0 radical (unpaired) electrons. The summed E-state index contributed by atoms with van der Waals surface area (Å²) in [5, 5.41) is 4.90. The van der Waals surface area contributed by atoms with Gasteiger partial charge in [-0.05, 0) is 31.4 Å². The standard InChI is InChI=1S/C25H31F2N5O5/c1-30(15-2-3-15)25(36)31-8-6-17(7-9-31)37-24(35)28-14-12-32(13-14)16-10-19(26)22(20(27)11-16)18-4-5-21(33)29-23(18)34/h10-11,14-15,17-18H,2-9,12-13H2,1H3,(H,28,35)(H,29,33,34). The fourth-order valence-corrected chi connectivity index (χ4v) is 5.19. The SMILES string of the molecule is CN(C(=O)N1CCC(OC(=O)NC2CN(c3cc(F)c(C4CCC(=O)NC4=O)c(F)c3)C2)CC1)C1CC1. The van der Waals surface area contributed by atoms with E-state index in [4.69, 9.17) is 4.74 Å². The summed E-state index contributed by atoms with van der Waals surface area (Å²) in [6, 6.07) is 2.49. The number of hydrogen-bond acceptors (Lipinski definition) is 6. The minimum absolute atomic E-state index is 0.0259. The maximum Gasteiger partial charge on any atom is 0.407 e. The lowest BCUT2D eigenvalue weighted by atomic mass is 9.89. The van der Waals surface area contributed by atoms with E-state index in [9.17, 15) is 28.0 Å². The first kappa shape index (κ1) is 25.2. The van der Waals surface area contributed by atoms with Crippen molar-refractivity contribution in [2.75, 3.05) is 38.1 Å². The summed E-state index contributed by atoms with van der Waals surface area (Å²) in [5.74, 6) is -3.87. The molecule has 37 heavy (non-hydrogen) atoms. The molecule has 1 unspecified atom stereocenters. The molecule has 10 nitrogen and oxygen atoms in total. The van der Waals surface area contributed by atoms with Crippen LogP contribution in [0.4, 0.5) is 24.1 Å². The van der Waals surface area contributed by atoms with Gasteiger partial charge in [0.05, 0.1) is 12.0 Å². The van der Waals surface area contributed by atoms with E-state index in [0.717, 1.165) is 12.8 Å². The molecule has 0 aromatic heterocycles. The van der Waals surface area contributed by atoms with Gasteiger partial charge in [0.2, 0.25) is 11.8 Å². The van der Waals surface area contributed by atoms with Gasteiger partial charge >= 0.3 is 12.1 Å². The molecule has 200 valence electrons. The number of alkyl carbamates (subject to hydrolysis) is 1. The summed E-state index contributed by atoms with van der Waals surface area (Å²) in [5.41, 5.74) is -0.0230. The monoisotopic (exact) mass is 519 g/mol. The van der Waals surface area contributed by atoms with Crippen LogP contribution in [0.2, 0.25) is 0 Å². The van der Waals surface area contributed by atoms with Crippen molar-refractivity contribution in [3.63, 3.8) is 0 Å². The highest BCUT2D eigenvalue weighted by Gasteiger charge is 2.36. The molecule has 0 bridgehead atoms. The van der Waals surface area contributed by atoms with Crippen LogP contribution >= 0.6 is 0 Å². The summed E-state index contributed by atoms with van der Waals surface area (Å²) >= 11 is 0. The summed E-state index contributed by atoms with van der Waals surface area (Å²) in [7, 11) is 1.83. The molecule has 1 aromatic carbocycles. The average Bonchev–Trinajstić information content (AvgIpc) is 3.67. The molecule has 3 heterocycles. The summed E-state index contributed by atoms with van der Waals surface area (Å²) in [4.78, 5) is 53.5. The number of rotatable bonds is 5. The zero-order valence-corrected chi connectivity index (χ0v) is 20.7. The average molecular weight is 520 g/mol. The van der Waals surface area contributed by atoms with Gasteiger partial charge in [-0.15, -0.1) is 0 Å². The van der Waals surface area contributed by atoms with Crippen LogP contribution in [0, 0.1) is 11.6 Å². The van der Waals surface area contributed by atoms with E-state index < -0.39 is 35.5 Å². The number of ether oxygens (including phenoxy) is 1. The number of halogens is 2. The van der Waals surface area contributed by atoms with Crippen LogP contribution in [0.15, 0.2) is 12.1 Å². The first-order chi connectivity index (χ1) is 17.7. The smallest absolute Gasteiger partial charge is 0.407 e. The fraction of sp³-hybridized carbons (Fsp3) is 0.600. The van der Waals surface area contributed by atoms with Gasteiger partial charge in [-0.2, -0.15) is 0 Å². The van der Waals surface area contributed by atoms with E-state index in [-0.39, 0.29) is 36.6 Å². The lowest BCUT2D eigenvalue weighted by Gasteiger charge is -2.41. The molecule has 1 aromatic rings. The summed E-state index contributed by atoms with van der Waals surface area (Å²) < 4.78 is 35.1. The summed E-state index contributed by atoms with van der Waals surface area (Å²) in [6.45, 7) is 1.78. The number of carbonyl (C=O) groups is 4. The second kappa shape index (κ2) is 10.1. The Labute approximate surface area is 213 Å². The van der Waals surface area contributed by atoms with Crippen LogP contribution in [-0.4, -0.2) is 85.2 Å². The Kier molecular flexibility index (Phi) is 6.91. The van der Waals surface area contributed by atoms with Crippen molar-refractivity contribution in [2.24, 2.45) is 0 Å². The van der Waals surface area contributed by atoms with Crippen molar-refractivity contribution in [2.45, 2.75) is 62.6 Å². The fourth-order valence-electron chi connectivity index (χ4n) is 5.19. The molecule has 1 saturated carbocycles. The van der Waals surface area contributed by atoms with Gasteiger partial charge in [0.25, 0.3) is 0 Å². The third-order valence-electron chi connectivity index (χ3n) is 7.60. The molecular weight excluding hydrogens is 488 g/mol. The number of hydrogen-bond donors (Lipinski definition) is 2. The maximum absolute atomic E-state index is 14.8. The number of likely N-dealkylation sites (tertiary alicyclic amines) is 1. The molecule has 3 aliphatic heterocycles. The van der Waals surface area contributed by atoms with Crippen LogP contribution in [0.3, 0.4) is 0 Å². The normalized spacial score (nSPS) is 22.8. The van der Waals surface area contributed by atoms with Crippen molar-refractivity contribution in [1.82, 2.24) is 20.4 Å². The lowest BCUT2D eigenvalue weighted by molar-refractivity contribution is -0.134. The molecule has 5 amide bonds. The zero-order valence-electron chi connectivity index (χ0n) is 20.7. The number of benzene rings is 1. The third-order valence-corrected chi connectivity index (χ3v) is 7.60. The topological polar surface area (TPSA) is 111 Å². The second-order valence-electron chi connectivity index (χ2n) is 10.3.